The normalized spacial score (nSPS) is 13.9. The molecule has 1 aliphatic heterocycles. The Morgan fingerprint density at radius 2 is 1.56 bits per heavy atom. The predicted octanol–water partition coefficient (Wildman–Crippen LogP) is 8.13. The van der Waals surface area contributed by atoms with Gasteiger partial charge in [-0.05, 0) is 87.0 Å². The Kier molecular flexibility index (Phi) is 8.24. The lowest BCUT2D eigenvalue weighted by atomic mass is 10.00. The molecule has 4 aromatic carbocycles. The molecule has 6 rings (SSSR count). The van der Waals surface area contributed by atoms with E-state index in [9.17, 15) is 4.79 Å². The van der Waals surface area contributed by atoms with Gasteiger partial charge in [0.05, 0.1) is 29.3 Å². The van der Waals surface area contributed by atoms with Crippen molar-refractivity contribution in [2.75, 3.05) is 17.4 Å². The summed E-state index contributed by atoms with van der Waals surface area (Å²) in [5, 5.41) is 11.4. The van der Waals surface area contributed by atoms with Gasteiger partial charge in [-0.25, -0.2) is 4.68 Å². The summed E-state index contributed by atoms with van der Waals surface area (Å²) in [6.07, 6.45) is 3.92. The number of benzene rings is 4. The lowest BCUT2D eigenvalue weighted by Gasteiger charge is -2.11. The Labute approximate surface area is 256 Å². The highest BCUT2D eigenvalue weighted by Crippen LogP contribution is 2.33. The number of thioether (sulfide) groups is 1. The summed E-state index contributed by atoms with van der Waals surface area (Å²) in [5.41, 5.74) is 7.79. The molecule has 0 atom stereocenters. The first kappa shape index (κ1) is 28.2. The Balaban J connectivity index is 1.44. The number of nitrogens with zero attached hydrogens (tertiary/aromatic N) is 4. The first-order valence-electron chi connectivity index (χ1n) is 14.3. The monoisotopic (exact) mass is 584 g/mol. The molecule has 1 aromatic heterocycles. The fourth-order valence-electron chi connectivity index (χ4n) is 4.97. The lowest BCUT2D eigenvalue weighted by molar-refractivity contribution is -0.114. The molecule has 0 bridgehead atoms. The molecule has 6 nitrogen and oxygen atoms in total. The largest absolute Gasteiger partial charge is 0.494 e. The molecule has 0 aliphatic carbocycles. The van der Waals surface area contributed by atoms with Gasteiger partial charge in [0.15, 0.2) is 0 Å². The second-order valence-electron chi connectivity index (χ2n) is 10.3. The zero-order valence-corrected chi connectivity index (χ0v) is 25.2. The van der Waals surface area contributed by atoms with Crippen LogP contribution in [-0.2, 0) is 4.79 Å². The van der Waals surface area contributed by atoms with E-state index >= 15 is 0 Å². The Bertz CT molecular complexity index is 1810. The highest BCUT2D eigenvalue weighted by molar-refractivity contribution is 8.00. The van der Waals surface area contributed by atoms with E-state index in [4.69, 9.17) is 14.9 Å². The fraction of sp³-hybridized carbons (Fsp3) is 0.139. The van der Waals surface area contributed by atoms with Crippen molar-refractivity contribution in [1.82, 2.24) is 9.78 Å². The number of hydrogen-bond acceptors (Lipinski definition) is 5. The standard InChI is InChI=1S/C36H32N4O2S/c1-4-42-30-17-20-32(26(3)21-30)35-27(23-39(38-35)28-11-7-5-8-12-28)22-33-34(24-43-31-18-15-25(2)16-19-31)37-40(36(33)41)29-13-9-6-10-14-29/h5-23H,4,24H2,1-3H3/b33-22-. The van der Waals surface area contributed by atoms with Crippen molar-refractivity contribution in [3.8, 4) is 22.7 Å². The van der Waals surface area contributed by atoms with Crippen molar-refractivity contribution in [3.63, 3.8) is 0 Å². The van der Waals surface area contributed by atoms with Gasteiger partial charge < -0.3 is 4.74 Å². The van der Waals surface area contributed by atoms with E-state index in [1.54, 1.807) is 11.8 Å². The Hall–Kier alpha value is -4.88. The van der Waals surface area contributed by atoms with E-state index in [0.717, 1.165) is 50.1 Å². The van der Waals surface area contributed by atoms with E-state index in [1.165, 1.54) is 10.6 Å². The number of anilines is 1. The third-order valence-electron chi connectivity index (χ3n) is 7.18. The fourth-order valence-corrected chi connectivity index (χ4v) is 5.81. The van der Waals surface area contributed by atoms with Crippen LogP contribution in [0.2, 0.25) is 0 Å². The molecule has 7 heteroatoms. The zero-order valence-electron chi connectivity index (χ0n) is 24.4. The minimum Gasteiger partial charge on any atom is -0.494 e. The summed E-state index contributed by atoms with van der Waals surface area (Å²) in [6.45, 7) is 6.70. The van der Waals surface area contributed by atoms with Crippen molar-refractivity contribution in [1.29, 1.82) is 0 Å². The minimum absolute atomic E-state index is 0.160. The van der Waals surface area contributed by atoms with Crippen LogP contribution in [0.5, 0.6) is 5.75 Å². The van der Waals surface area contributed by atoms with Gasteiger partial charge in [0.1, 0.15) is 11.4 Å². The third-order valence-corrected chi connectivity index (χ3v) is 8.20. The third kappa shape index (κ3) is 6.17. The van der Waals surface area contributed by atoms with E-state index in [-0.39, 0.29) is 5.91 Å². The van der Waals surface area contributed by atoms with Crippen molar-refractivity contribution in [3.05, 3.63) is 132 Å². The maximum Gasteiger partial charge on any atom is 0.280 e. The molecule has 214 valence electrons. The quantitative estimate of drug-likeness (QED) is 0.130. The highest BCUT2D eigenvalue weighted by atomic mass is 32.2. The van der Waals surface area contributed by atoms with Crippen LogP contribution in [0.4, 0.5) is 5.69 Å². The molecule has 0 spiro atoms. The number of ether oxygens (including phenoxy) is 1. The molecule has 0 fully saturated rings. The number of hydrazone groups is 1. The van der Waals surface area contributed by atoms with Crippen molar-refractivity contribution >= 4 is 35.1 Å². The Morgan fingerprint density at radius 3 is 2.23 bits per heavy atom. The molecule has 43 heavy (non-hydrogen) atoms. The number of hydrogen-bond donors (Lipinski definition) is 0. The first-order chi connectivity index (χ1) is 21.0. The van der Waals surface area contributed by atoms with Crippen LogP contribution in [-0.4, -0.2) is 33.8 Å². The zero-order chi connectivity index (χ0) is 29.8. The molecule has 5 aromatic rings. The van der Waals surface area contributed by atoms with E-state index < -0.39 is 0 Å². The van der Waals surface area contributed by atoms with Crippen LogP contribution in [0, 0.1) is 13.8 Å². The maximum absolute atomic E-state index is 14.0. The van der Waals surface area contributed by atoms with Gasteiger partial charge in [0.2, 0.25) is 0 Å². The van der Waals surface area contributed by atoms with Crippen LogP contribution >= 0.6 is 11.8 Å². The van der Waals surface area contributed by atoms with Gasteiger partial charge in [-0.15, -0.1) is 11.8 Å². The van der Waals surface area contributed by atoms with Crippen LogP contribution in [0.3, 0.4) is 0 Å². The molecule has 2 heterocycles. The van der Waals surface area contributed by atoms with Crippen LogP contribution in [0.25, 0.3) is 23.0 Å². The van der Waals surface area contributed by atoms with Gasteiger partial charge >= 0.3 is 0 Å². The SMILES string of the molecule is CCOc1ccc(-c2nn(-c3ccccc3)cc2/C=C2\C(=O)N(c3ccccc3)N=C2CSc2ccc(C)cc2)c(C)c1. The summed E-state index contributed by atoms with van der Waals surface area (Å²) < 4.78 is 7.60. The van der Waals surface area contributed by atoms with Gasteiger partial charge in [-0.2, -0.15) is 15.2 Å². The summed E-state index contributed by atoms with van der Waals surface area (Å²) in [6, 6.07) is 34.0. The topological polar surface area (TPSA) is 59.7 Å². The lowest BCUT2D eigenvalue weighted by Crippen LogP contribution is -2.21. The number of aryl methyl sites for hydroxylation is 2. The molecule has 0 saturated heterocycles. The van der Waals surface area contributed by atoms with Crippen LogP contribution in [0.15, 0.2) is 125 Å². The average Bonchev–Trinajstić information content (AvgIpc) is 3.59. The Morgan fingerprint density at radius 1 is 0.860 bits per heavy atom. The van der Waals surface area contributed by atoms with Crippen molar-refractivity contribution in [2.45, 2.75) is 25.7 Å². The number of carbonyl (C=O) groups excluding carboxylic acids is 1. The van der Waals surface area contributed by atoms with Gasteiger partial charge in [-0.3, -0.25) is 4.79 Å². The van der Waals surface area contributed by atoms with E-state index in [2.05, 4.69) is 38.1 Å². The number of rotatable bonds is 9. The summed E-state index contributed by atoms with van der Waals surface area (Å²) in [7, 11) is 0. The van der Waals surface area contributed by atoms with Crippen molar-refractivity contribution < 1.29 is 9.53 Å². The molecule has 1 amide bonds. The maximum atomic E-state index is 14.0. The number of amides is 1. The molecular weight excluding hydrogens is 552 g/mol. The van der Waals surface area contributed by atoms with E-state index in [0.29, 0.717) is 17.9 Å². The first-order valence-corrected chi connectivity index (χ1v) is 15.3. The molecule has 0 N–H and O–H groups in total. The second kappa shape index (κ2) is 12.5. The van der Waals surface area contributed by atoms with Gasteiger partial charge in [-0.1, -0.05) is 54.1 Å². The highest BCUT2D eigenvalue weighted by Gasteiger charge is 2.32. The molecule has 0 radical (unpaired) electrons. The van der Waals surface area contributed by atoms with Gasteiger partial charge in [0.25, 0.3) is 5.91 Å². The number of aromatic nitrogens is 2. The smallest absolute Gasteiger partial charge is 0.280 e. The molecule has 0 unspecified atom stereocenters. The predicted molar refractivity (Wildman–Crippen MR) is 176 cm³/mol. The molecular formula is C36H32N4O2S. The molecule has 0 saturated carbocycles. The van der Waals surface area contributed by atoms with Gasteiger partial charge in [0, 0.05) is 28.0 Å². The van der Waals surface area contributed by atoms with Crippen LogP contribution < -0.4 is 9.75 Å². The molecule has 1 aliphatic rings. The van der Waals surface area contributed by atoms with Crippen molar-refractivity contribution in [2.24, 2.45) is 5.10 Å². The number of carbonyl (C=O) groups is 1. The number of para-hydroxylation sites is 2. The minimum atomic E-state index is -0.160. The average molecular weight is 585 g/mol. The second-order valence-corrected chi connectivity index (χ2v) is 11.3. The van der Waals surface area contributed by atoms with E-state index in [1.807, 2.05) is 103 Å². The van der Waals surface area contributed by atoms with Crippen LogP contribution in [0.1, 0.15) is 23.6 Å². The summed E-state index contributed by atoms with van der Waals surface area (Å²) in [4.78, 5) is 15.1. The summed E-state index contributed by atoms with van der Waals surface area (Å²) in [5.74, 6) is 1.21. The summed E-state index contributed by atoms with van der Waals surface area (Å²) >= 11 is 1.67.